The lowest BCUT2D eigenvalue weighted by molar-refractivity contribution is 0.00647. The van der Waals surface area contributed by atoms with Gasteiger partial charge in [0.25, 0.3) is 0 Å². The third-order valence-corrected chi connectivity index (χ3v) is 3.49. The van der Waals surface area contributed by atoms with Gasteiger partial charge in [0.1, 0.15) is 17.8 Å². The zero-order valence-corrected chi connectivity index (χ0v) is 11.6. The van der Waals surface area contributed by atoms with Crippen LogP contribution >= 0.6 is 0 Å². The van der Waals surface area contributed by atoms with Crippen molar-refractivity contribution >= 4 is 11.7 Å². The number of fused-ring (bicyclic) bond motifs is 3. The molecule has 0 aromatic heterocycles. The Morgan fingerprint density at radius 2 is 2.21 bits per heavy atom. The third-order valence-electron chi connectivity index (χ3n) is 3.49. The highest BCUT2D eigenvalue weighted by molar-refractivity contribution is 5.95. The first-order chi connectivity index (χ1) is 8.96. The first-order valence-electron chi connectivity index (χ1n) is 6.71. The minimum absolute atomic E-state index is 0.316. The van der Waals surface area contributed by atoms with Crippen LogP contribution in [0.2, 0.25) is 0 Å². The Hall–Kier alpha value is -1.71. The number of rotatable bonds is 1. The van der Waals surface area contributed by atoms with Crippen LogP contribution in [0.5, 0.6) is 5.75 Å². The first-order valence-corrected chi connectivity index (χ1v) is 6.71. The highest BCUT2D eigenvalue weighted by Gasteiger charge is 2.36. The van der Waals surface area contributed by atoms with Gasteiger partial charge in [0.05, 0.1) is 11.7 Å². The van der Waals surface area contributed by atoms with Crippen molar-refractivity contribution < 1.29 is 14.3 Å². The van der Waals surface area contributed by atoms with Crippen LogP contribution in [0.4, 0.5) is 5.69 Å². The van der Waals surface area contributed by atoms with E-state index in [0.717, 1.165) is 18.7 Å². The summed E-state index contributed by atoms with van der Waals surface area (Å²) < 4.78 is 11.2. The average Bonchev–Trinajstić information content (AvgIpc) is 2.26. The van der Waals surface area contributed by atoms with Crippen LogP contribution in [0.1, 0.15) is 37.6 Å². The van der Waals surface area contributed by atoms with Crippen LogP contribution in [-0.2, 0) is 4.74 Å². The van der Waals surface area contributed by atoms with Gasteiger partial charge >= 0.3 is 5.97 Å². The van der Waals surface area contributed by atoms with E-state index >= 15 is 0 Å². The molecule has 102 valence electrons. The molecule has 19 heavy (non-hydrogen) atoms. The second-order valence-corrected chi connectivity index (χ2v) is 6.10. The molecule has 1 saturated heterocycles. The van der Waals surface area contributed by atoms with Gasteiger partial charge in [-0.25, -0.2) is 4.79 Å². The Bertz CT molecular complexity index is 519. The second kappa shape index (κ2) is 4.15. The molecule has 4 nitrogen and oxygen atoms in total. The van der Waals surface area contributed by atoms with Crippen molar-refractivity contribution in [1.29, 1.82) is 0 Å². The number of nitrogens with zero attached hydrogens (tertiary/aromatic N) is 1. The summed E-state index contributed by atoms with van der Waals surface area (Å²) in [5.74, 6) is 0.357. The topological polar surface area (TPSA) is 38.8 Å². The van der Waals surface area contributed by atoms with Crippen LogP contribution in [0.3, 0.4) is 0 Å². The summed E-state index contributed by atoms with van der Waals surface area (Å²) in [5, 5.41) is 0. The van der Waals surface area contributed by atoms with Gasteiger partial charge in [-0.2, -0.15) is 0 Å². The van der Waals surface area contributed by atoms with Crippen LogP contribution in [-0.4, -0.2) is 30.8 Å². The second-order valence-electron chi connectivity index (χ2n) is 6.10. The van der Waals surface area contributed by atoms with E-state index in [9.17, 15) is 4.79 Å². The fourth-order valence-electron chi connectivity index (χ4n) is 2.51. The van der Waals surface area contributed by atoms with Crippen LogP contribution in [0.25, 0.3) is 0 Å². The van der Waals surface area contributed by atoms with Crippen molar-refractivity contribution in [2.75, 3.05) is 18.1 Å². The molecule has 1 aromatic rings. The van der Waals surface area contributed by atoms with Crippen LogP contribution < -0.4 is 9.64 Å². The molecule has 0 N–H and O–H groups in total. The number of hydrogen-bond donors (Lipinski definition) is 0. The normalized spacial score (nSPS) is 20.8. The summed E-state index contributed by atoms with van der Waals surface area (Å²) in [6.07, 6.45) is 1.16. The summed E-state index contributed by atoms with van der Waals surface area (Å²) in [4.78, 5) is 14.5. The number of carbonyl (C=O) groups is 1. The molecule has 2 aliphatic heterocycles. The third kappa shape index (κ3) is 2.15. The fraction of sp³-hybridized carbons (Fsp3) is 0.533. The van der Waals surface area contributed by atoms with Gasteiger partial charge < -0.3 is 14.4 Å². The Morgan fingerprint density at radius 3 is 2.84 bits per heavy atom. The quantitative estimate of drug-likeness (QED) is 0.728. The molecule has 0 amide bonds. The van der Waals surface area contributed by atoms with Gasteiger partial charge in [-0.1, -0.05) is 6.07 Å². The Morgan fingerprint density at radius 1 is 1.42 bits per heavy atom. The van der Waals surface area contributed by atoms with Crippen molar-refractivity contribution in [3.8, 4) is 5.75 Å². The molecule has 0 radical (unpaired) electrons. The minimum atomic E-state index is -0.492. The van der Waals surface area contributed by atoms with Crippen molar-refractivity contribution in [3.63, 3.8) is 0 Å². The molecular weight excluding hydrogens is 242 g/mol. The van der Waals surface area contributed by atoms with Crippen molar-refractivity contribution in [1.82, 2.24) is 0 Å². The molecule has 3 rings (SSSR count). The largest absolute Gasteiger partial charge is 0.488 e. The average molecular weight is 261 g/mol. The van der Waals surface area contributed by atoms with Gasteiger partial charge in [0, 0.05) is 6.54 Å². The van der Waals surface area contributed by atoms with Gasteiger partial charge in [-0.15, -0.1) is 0 Å². The van der Waals surface area contributed by atoms with E-state index < -0.39 is 5.60 Å². The summed E-state index contributed by atoms with van der Waals surface area (Å²) in [6.45, 7) is 7.30. The van der Waals surface area contributed by atoms with Crippen molar-refractivity contribution in [2.24, 2.45) is 0 Å². The Kier molecular flexibility index (Phi) is 2.69. The smallest absolute Gasteiger partial charge is 0.342 e. The van der Waals surface area contributed by atoms with Crippen LogP contribution in [0, 0.1) is 0 Å². The number of anilines is 1. The number of para-hydroxylation sites is 1. The Labute approximate surface area is 113 Å². The van der Waals surface area contributed by atoms with E-state index in [-0.39, 0.29) is 5.97 Å². The van der Waals surface area contributed by atoms with E-state index in [1.807, 2.05) is 32.9 Å². The number of benzene rings is 1. The molecular formula is C15H19NO3. The lowest BCUT2D eigenvalue weighted by atomic mass is 9.99. The molecule has 2 heterocycles. The number of esters is 1. The molecule has 0 aliphatic carbocycles. The van der Waals surface area contributed by atoms with Gasteiger partial charge in [0.2, 0.25) is 0 Å². The van der Waals surface area contributed by atoms with Crippen LogP contribution in [0.15, 0.2) is 18.2 Å². The molecule has 1 aromatic carbocycles. The maximum Gasteiger partial charge on any atom is 0.342 e. The van der Waals surface area contributed by atoms with Gasteiger partial charge in [-0.05, 0) is 39.3 Å². The van der Waals surface area contributed by atoms with Crippen molar-refractivity contribution in [2.45, 2.75) is 38.8 Å². The van der Waals surface area contributed by atoms with Gasteiger partial charge in [0.15, 0.2) is 5.75 Å². The lowest BCUT2D eigenvalue weighted by Crippen LogP contribution is -2.53. The standard InChI is InChI=1S/C15H19NO3/c1-15(2,3)19-14(17)11-5-4-6-12-13(11)18-9-10-7-8-16(10)12/h4-6,10H,7-9H2,1-3H3. The van der Waals surface area contributed by atoms with E-state index in [2.05, 4.69) is 4.90 Å². The van der Waals surface area contributed by atoms with E-state index in [4.69, 9.17) is 9.47 Å². The zero-order chi connectivity index (χ0) is 13.6. The Balaban J connectivity index is 1.93. The first kappa shape index (κ1) is 12.3. The summed E-state index contributed by atoms with van der Waals surface area (Å²) in [7, 11) is 0. The predicted octanol–water partition coefficient (Wildman–Crippen LogP) is 2.61. The molecule has 0 bridgehead atoms. The van der Waals surface area contributed by atoms with Crippen molar-refractivity contribution in [3.05, 3.63) is 23.8 Å². The summed E-state index contributed by atoms with van der Waals surface area (Å²) >= 11 is 0. The molecule has 1 fully saturated rings. The molecule has 1 atom stereocenters. The highest BCUT2D eigenvalue weighted by Crippen LogP contribution is 2.41. The zero-order valence-electron chi connectivity index (χ0n) is 11.6. The number of ether oxygens (including phenoxy) is 2. The van der Waals surface area contributed by atoms with E-state index in [1.165, 1.54) is 0 Å². The summed E-state index contributed by atoms with van der Waals surface area (Å²) in [6, 6.07) is 6.14. The molecule has 2 aliphatic rings. The van der Waals surface area contributed by atoms with Gasteiger partial charge in [-0.3, -0.25) is 0 Å². The number of carbonyl (C=O) groups excluding carboxylic acids is 1. The lowest BCUT2D eigenvalue weighted by Gasteiger charge is -2.46. The van der Waals surface area contributed by atoms with E-state index in [1.54, 1.807) is 6.07 Å². The molecule has 4 heteroatoms. The molecule has 0 saturated carbocycles. The van der Waals surface area contributed by atoms with E-state index in [0.29, 0.717) is 24.0 Å². The highest BCUT2D eigenvalue weighted by atomic mass is 16.6. The maximum absolute atomic E-state index is 12.2. The number of hydrogen-bond acceptors (Lipinski definition) is 4. The summed E-state index contributed by atoms with van der Waals surface area (Å²) in [5.41, 5.74) is 1.05. The molecule has 1 unspecified atom stereocenters. The molecule has 0 spiro atoms. The predicted molar refractivity (Wildman–Crippen MR) is 72.9 cm³/mol. The monoisotopic (exact) mass is 261 g/mol. The maximum atomic E-state index is 12.2. The fourth-order valence-corrected chi connectivity index (χ4v) is 2.51. The SMILES string of the molecule is CC(C)(C)OC(=O)c1cccc2c1OCC1CCN21. The minimum Gasteiger partial charge on any atom is -0.488 e.